The summed E-state index contributed by atoms with van der Waals surface area (Å²) < 4.78 is 0. The van der Waals surface area contributed by atoms with Crippen LogP contribution in [-0.2, 0) is 0 Å². The number of nitrogens with one attached hydrogen (secondary N) is 3. The first kappa shape index (κ1) is 11.1. The van der Waals surface area contributed by atoms with Crippen LogP contribution in [0.1, 0.15) is 5.56 Å². The Morgan fingerprint density at radius 2 is 1.88 bits per heavy atom. The Kier molecular flexibility index (Phi) is 3.35. The molecular formula is C13H14N3O+. The van der Waals surface area contributed by atoms with E-state index in [-0.39, 0.29) is 6.03 Å². The van der Waals surface area contributed by atoms with Crippen molar-refractivity contribution in [2.24, 2.45) is 0 Å². The monoisotopic (exact) mass is 228 g/mol. The van der Waals surface area contributed by atoms with E-state index in [0.29, 0.717) is 0 Å². The third-order valence-corrected chi connectivity index (χ3v) is 2.24. The number of pyridine rings is 1. The fourth-order valence-corrected chi connectivity index (χ4v) is 1.49. The molecule has 2 amide bonds. The average Bonchev–Trinajstić information content (AvgIpc) is 2.30. The number of urea groups is 1. The van der Waals surface area contributed by atoms with Gasteiger partial charge in [-0.25, -0.2) is 9.78 Å². The number of hydrogen-bond acceptors (Lipinski definition) is 1. The van der Waals surface area contributed by atoms with Gasteiger partial charge in [0.25, 0.3) is 0 Å². The number of aryl methyl sites for hydroxylation is 1. The maximum atomic E-state index is 11.7. The summed E-state index contributed by atoms with van der Waals surface area (Å²) in [5.41, 5.74) is 2.61. The molecule has 0 aliphatic rings. The number of amides is 2. The highest BCUT2D eigenvalue weighted by molar-refractivity contribution is 5.99. The van der Waals surface area contributed by atoms with Gasteiger partial charge in [-0.05, 0) is 30.7 Å². The number of anilines is 2. The molecule has 0 saturated heterocycles. The van der Waals surface area contributed by atoms with Gasteiger partial charge in [0.1, 0.15) is 5.69 Å². The largest absolute Gasteiger partial charge is 0.323 e. The van der Waals surface area contributed by atoms with Crippen LogP contribution in [-0.4, -0.2) is 6.03 Å². The van der Waals surface area contributed by atoms with Crippen molar-refractivity contribution < 1.29 is 9.78 Å². The number of carbonyl (C=O) groups is 1. The Morgan fingerprint density at radius 3 is 2.59 bits per heavy atom. The molecule has 17 heavy (non-hydrogen) atoms. The van der Waals surface area contributed by atoms with Crippen LogP contribution in [0.5, 0.6) is 0 Å². The van der Waals surface area contributed by atoms with Gasteiger partial charge >= 0.3 is 6.03 Å². The minimum Gasteiger partial charge on any atom is -0.308 e. The number of benzene rings is 1. The minimum absolute atomic E-state index is 0.254. The van der Waals surface area contributed by atoms with Gasteiger partial charge in [-0.15, -0.1) is 0 Å². The minimum atomic E-state index is -0.254. The van der Waals surface area contributed by atoms with Crippen LogP contribution in [0.15, 0.2) is 48.8 Å². The SMILES string of the molecule is Cc1cccc(NC(=O)Nc2ccc[nH+]c2)c1. The number of rotatable bonds is 2. The zero-order valence-electron chi connectivity index (χ0n) is 9.53. The van der Waals surface area contributed by atoms with Gasteiger partial charge in [0.2, 0.25) is 0 Å². The van der Waals surface area contributed by atoms with Crippen LogP contribution in [0.2, 0.25) is 0 Å². The van der Waals surface area contributed by atoms with Crippen LogP contribution in [0.3, 0.4) is 0 Å². The lowest BCUT2D eigenvalue weighted by atomic mass is 10.2. The fourth-order valence-electron chi connectivity index (χ4n) is 1.49. The second-order valence-corrected chi connectivity index (χ2v) is 3.74. The first-order valence-corrected chi connectivity index (χ1v) is 5.35. The molecule has 0 unspecified atom stereocenters. The Bertz CT molecular complexity index is 511. The molecule has 0 spiro atoms. The molecule has 0 aliphatic carbocycles. The normalized spacial score (nSPS) is 9.71. The number of aromatic nitrogens is 1. The lowest BCUT2D eigenvalue weighted by molar-refractivity contribution is -0.377. The van der Waals surface area contributed by atoms with Gasteiger partial charge in [-0.3, -0.25) is 0 Å². The van der Waals surface area contributed by atoms with E-state index in [2.05, 4.69) is 15.6 Å². The summed E-state index contributed by atoms with van der Waals surface area (Å²) in [6.45, 7) is 1.98. The first-order chi connectivity index (χ1) is 8.24. The van der Waals surface area contributed by atoms with Crippen molar-refractivity contribution in [2.75, 3.05) is 10.6 Å². The quantitative estimate of drug-likeness (QED) is 0.815. The lowest BCUT2D eigenvalue weighted by Gasteiger charge is -2.06. The smallest absolute Gasteiger partial charge is 0.308 e. The topological polar surface area (TPSA) is 55.3 Å². The van der Waals surface area contributed by atoms with E-state index in [1.807, 2.05) is 43.3 Å². The van der Waals surface area contributed by atoms with E-state index in [1.54, 1.807) is 12.4 Å². The van der Waals surface area contributed by atoms with Gasteiger partial charge in [0.05, 0.1) is 0 Å². The number of H-pyrrole nitrogens is 1. The average molecular weight is 228 g/mol. The maximum Gasteiger partial charge on any atom is 0.323 e. The van der Waals surface area contributed by atoms with E-state index in [9.17, 15) is 4.79 Å². The fraction of sp³-hybridized carbons (Fsp3) is 0.0769. The summed E-state index contributed by atoms with van der Waals surface area (Å²) >= 11 is 0. The first-order valence-electron chi connectivity index (χ1n) is 5.35. The molecule has 4 nitrogen and oxygen atoms in total. The molecule has 0 radical (unpaired) electrons. The summed E-state index contributed by atoms with van der Waals surface area (Å²) in [5, 5.41) is 5.50. The van der Waals surface area contributed by atoms with E-state index < -0.39 is 0 Å². The molecule has 3 N–H and O–H groups in total. The molecule has 0 bridgehead atoms. The summed E-state index contributed by atoms with van der Waals surface area (Å²) in [6.07, 6.45) is 3.50. The molecule has 0 fully saturated rings. The van der Waals surface area contributed by atoms with Crippen molar-refractivity contribution in [3.05, 3.63) is 54.4 Å². The van der Waals surface area contributed by atoms with Crippen molar-refractivity contribution in [1.82, 2.24) is 0 Å². The highest BCUT2D eigenvalue weighted by Crippen LogP contribution is 2.10. The van der Waals surface area contributed by atoms with Gasteiger partial charge in [-0.1, -0.05) is 12.1 Å². The van der Waals surface area contributed by atoms with Crippen LogP contribution < -0.4 is 15.6 Å². The molecule has 0 atom stereocenters. The van der Waals surface area contributed by atoms with Crippen LogP contribution in [0.25, 0.3) is 0 Å². The summed E-state index contributed by atoms with van der Waals surface area (Å²) in [7, 11) is 0. The Morgan fingerprint density at radius 1 is 1.12 bits per heavy atom. The van der Waals surface area contributed by atoms with E-state index in [1.165, 1.54) is 0 Å². The number of carbonyl (C=O) groups excluding carboxylic acids is 1. The summed E-state index contributed by atoms with van der Waals surface area (Å²) in [6, 6.07) is 11.0. The Labute approximate surface area is 99.7 Å². The Balaban J connectivity index is 1.98. The molecule has 4 heteroatoms. The van der Waals surface area contributed by atoms with Gasteiger partial charge < -0.3 is 10.6 Å². The summed E-state index contributed by atoms with van der Waals surface area (Å²) in [4.78, 5) is 14.6. The van der Waals surface area contributed by atoms with Crippen molar-refractivity contribution >= 4 is 17.4 Å². The number of hydrogen-bond donors (Lipinski definition) is 2. The molecule has 1 aromatic carbocycles. The van der Waals surface area contributed by atoms with Gasteiger partial charge in [0.15, 0.2) is 12.4 Å². The van der Waals surface area contributed by atoms with Crippen LogP contribution in [0, 0.1) is 6.92 Å². The highest BCUT2D eigenvalue weighted by Gasteiger charge is 2.03. The van der Waals surface area contributed by atoms with E-state index in [0.717, 1.165) is 16.9 Å². The van der Waals surface area contributed by atoms with E-state index in [4.69, 9.17) is 0 Å². The molecule has 1 aromatic heterocycles. The highest BCUT2D eigenvalue weighted by atomic mass is 16.2. The molecule has 0 aliphatic heterocycles. The predicted octanol–water partition coefficient (Wildman–Crippen LogP) is 2.45. The predicted molar refractivity (Wildman–Crippen MR) is 66.8 cm³/mol. The Hall–Kier alpha value is -2.36. The van der Waals surface area contributed by atoms with Crippen molar-refractivity contribution in [3.8, 4) is 0 Å². The number of aromatic amines is 1. The second kappa shape index (κ2) is 5.12. The third-order valence-electron chi connectivity index (χ3n) is 2.24. The zero-order valence-corrected chi connectivity index (χ0v) is 9.53. The lowest BCUT2D eigenvalue weighted by Crippen LogP contribution is -2.20. The van der Waals surface area contributed by atoms with Crippen molar-refractivity contribution in [2.45, 2.75) is 6.92 Å². The maximum absolute atomic E-state index is 11.7. The third kappa shape index (κ3) is 3.31. The molecule has 86 valence electrons. The molecular weight excluding hydrogens is 214 g/mol. The zero-order chi connectivity index (χ0) is 12.1. The molecule has 2 rings (SSSR count). The second-order valence-electron chi connectivity index (χ2n) is 3.74. The van der Waals surface area contributed by atoms with Gasteiger partial charge in [0, 0.05) is 11.8 Å². The van der Waals surface area contributed by atoms with Gasteiger partial charge in [-0.2, -0.15) is 0 Å². The summed E-state index contributed by atoms with van der Waals surface area (Å²) in [5.74, 6) is 0. The van der Waals surface area contributed by atoms with E-state index >= 15 is 0 Å². The molecule has 2 aromatic rings. The van der Waals surface area contributed by atoms with Crippen molar-refractivity contribution in [3.63, 3.8) is 0 Å². The van der Waals surface area contributed by atoms with Crippen LogP contribution in [0.4, 0.5) is 16.2 Å². The van der Waals surface area contributed by atoms with Crippen LogP contribution >= 0.6 is 0 Å². The standard InChI is InChI=1S/C13H13N3O/c1-10-4-2-5-11(8-10)15-13(17)16-12-6-3-7-14-9-12/h2-9H,1H3,(H2,15,16,17)/p+1. The van der Waals surface area contributed by atoms with Crippen molar-refractivity contribution in [1.29, 1.82) is 0 Å². The molecule has 0 saturated carbocycles. The molecule has 1 heterocycles.